The first kappa shape index (κ1) is 14.9. The first-order chi connectivity index (χ1) is 9.97. The van der Waals surface area contributed by atoms with Crippen LogP contribution in [0.2, 0.25) is 0 Å². The number of sulfonamides is 1. The Hall–Kier alpha value is -1.02. The molecule has 0 unspecified atom stereocenters. The van der Waals surface area contributed by atoms with Crippen molar-refractivity contribution in [2.24, 2.45) is 11.3 Å². The molecule has 6 nitrogen and oxygen atoms in total. The van der Waals surface area contributed by atoms with Crippen LogP contribution in [0.4, 0.5) is 0 Å². The van der Waals surface area contributed by atoms with Gasteiger partial charge in [0.1, 0.15) is 0 Å². The number of hydrogen-bond donors (Lipinski definition) is 1. The van der Waals surface area contributed by atoms with Crippen LogP contribution in [0.25, 0.3) is 0 Å². The molecule has 2 saturated heterocycles. The Morgan fingerprint density at radius 1 is 1.52 bits per heavy atom. The highest BCUT2D eigenvalue weighted by molar-refractivity contribution is 7.88. The van der Waals surface area contributed by atoms with Crippen molar-refractivity contribution in [1.82, 2.24) is 14.6 Å². The van der Waals surface area contributed by atoms with Gasteiger partial charge in [-0.25, -0.2) is 13.1 Å². The molecular weight excluding hydrogens is 290 g/mol. The van der Waals surface area contributed by atoms with Crippen molar-refractivity contribution in [3.05, 3.63) is 30.1 Å². The monoisotopic (exact) mass is 311 g/mol. The van der Waals surface area contributed by atoms with Crippen molar-refractivity contribution in [2.45, 2.75) is 6.54 Å². The fraction of sp³-hybridized carbons (Fsp3) is 0.643. The van der Waals surface area contributed by atoms with E-state index in [4.69, 9.17) is 4.74 Å². The molecule has 0 spiro atoms. The molecule has 0 radical (unpaired) electrons. The quantitative estimate of drug-likeness (QED) is 0.834. The minimum Gasteiger partial charge on any atom is -0.380 e. The Morgan fingerprint density at radius 3 is 3.10 bits per heavy atom. The molecule has 2 aliphatic rings. The summed E-state index contributed by atoms with van der Waals surface area (Å²) in [4.78, 5) is 6.71. The summed E-state index contributed by atoms with van der Waals surface area (Å²) in [5.74, 6) is 0.385. The summed E-state index contributed by atoms with van der Waals surface area (Å²) in [7, 11) is -3.17. The van der Waals surface area contributed by atoms with Gasteiger partial charge in [0.25, 0.3) is 0 Å². The van der Waals surface area contributed by atoms with E-state index >= 15 is 0 Å². The summed E-state index contributed by atoms with van der Waals surface area (Å²) in [5.41, 5.74) is 0.947. The maximum absolute atomic E-state index is 11.4. The van der Waals surface area contributed by atoms with E-state index in [2.05, 4.69) is 14.6 Å². The summed E-state index contributed by atoms with van der Waals surface area (Å²) in [6, 6.07) is 5.92. The fourth-order valence-electron chi connectivity index (χ4n) is 3.31. The first-order valence-corrected chi connectivity index (χ1v) is 9.01. The number of ether oxygens (including phenoxy) is 1. The fourth-order valence-corrected chi connectivity index (χ4v) is 3.86. The first-order valence-electron chi connectivity index (χ1n) is 7.12. The number of rotatable bonds is 5. The van der Waals surface area contributed by atoms with E-state index in [-0.39, 0.29) is 5.41 Å². The van der Waals surface area contributed by atoms with Crippen molar-refractivity contribution in [2.75, 3.05) is 39.1 Å². The number of hydrogen-bond acceptors (Lipinski definition) is 5. The topological polar surface area (TPSA) is 71.5 Å². The molecule has 0 aliphatic carbocycles. The predicted octanol–water partition coefficient (Wildman–Crippen LogP) is 0.0792. The Morgan fingerprint density at radius 2 is 2.38 bits per heavy atom. The lowest BCUT2D eigenvalue weighted by Gasteiger charge is -2.27. The lowest BCUT2D eigenvalue weighted by Crippen LogP contribution is -2.42. The summed E-state index contributed by atoms with van der Waals surface area (Å²) in [6.45, 7) is 4.37. The van der Waals surface area contributed by atoms with Crippen molar-refractivity contribution in [1.29, 1.82) is 0 Å². The van der Waals surface area contributed by atoms with Crippen LogP contribution in [-0.4, -0.2) is 57.4 Å². The highest BCUT2D eigenvalue weighted by Crippen LogP contribution is 2.41. The predicted molar refractivity (Wildman–Crippen MR) is 79.1 cm³/mol. The average molecular weight is 311 g/mol. The van der Waals surface area contributed by atoms with Crippen LogP contribution in [-0.2, 0) is 21.3 Å². The number of fused-ring (bicyclic) bond motifs is 1. The SMILES string of the molecule is CS(=O)(=O)NC[C@@]12COC[C@@H]1CN(Cc1ccccn1)C2. The van der Waals surface area contributed by atoms with E-state index in [0.717, 1.165) is 25.3 Å². The molecule has 7 heteroatoms. The summed E-state index contributed by atoms with van der Waals surface area (Å²) in [6.07, 6.45) is 3.01. The molecule has 1 N–H and O–H groups in total. The van der Waals surface area contributed by atoms with Crippen LogP contribution in [0.1, 0.15) is 5.69 Å². The van der Waals surface area contributed by atoms with Crippen molar-refractivity contribution in [3.63, 3.8) is 0 Å². The van der Waals surface area contributed by atoms with Gasteiger partial charge in [-0.3, -0.25) is 9.88 Å². The molecule has 2 aliphatic heterocycles. The van der Waals surface area contributed by atoms with Gasteiger partial charge < -0.3 is 4.74 Å². The second kappa shape index (κ2) is 5.64. The standard InChI is InChI=1S/C14H21N3O3S/c1-21(18,19)16-9-14-10-17(6-12(14)8-20-11-14)7-13-4-2-3-5-15-13/h2-5,12,16H,6-11H2,1H3/t12-,14+/m0/s1. The number of nitrogens with one attached hydrogen (secondary N) is 1. The molecule has 2 fully saturated rings. The van der Waals surface area contributed by atoms with Crippen LogP contribution in [0.15, 0.2) is 24.4 Å². The van der Waals surface area contributed by atoms with E-state index in [1.54, 1.807) is 6.20 Å². The highest BCUT2D eigenvalue weighted by atomic mass is 32.2. The number of pyridine rings is 1. The maximum atomic E-state index is 11.4. The third kappa shape index (κ3) is 3.42. The summed E-state index contributed by atoms with van der Waals surface area (Å²) in [5, 5.41) is 0. The Bertz CT molecular complexity index is 593. The van der Waals surface area contributed by atoms with Gasteiger partial charge in [0.05, 0.1) is 25.2 Å². The molecule has 0 amide bonds. The zero-order chi connectivity index (χ0) is 14.9. The van der Waals surface area contributed by atoms with Crippen LogP contribution >= 0.6 is 0 Å². The second-order valence-corrected chi connectivity index (χ2v) is 7.99. The van der Waals surface area contributed by atoms with E-state index in [0.29, 0.717) is 25.7 Å². The number of likely N-dealkylation sites (tertiary alicyclic amines) is 1. The normalized spacial score (nSPS) is 29.7. The Kier molecular flexibility index (Phi) is 4.00. The molecule has 1 aromatic heterocycles. The number of nitrogens with zero attached hydrogens (tertiary/aromatic N) is 2. The van der Waals surface area contributed by atoms with Crippen LogP contribution in [0.3, 0.4) is 0 Å². The van der Waals surface area contributed by atoms with Crippen LogP contribution in [0.5, 0.6) is 0 Å². The van der Waals surface area contributed by atoms with E-state index in [1.165, 1.54) is 6.26 Å². The second-order valence-electron chi connectivity index (χ2n) is 6.16. The zero-order valence-corrected chi connectivity index (χ0v) is 13.0. The Labute approximate surface area is 125 Å². The van der Waals surface area contributed by atoms with Crippen LogP contribution < -0.4 is 4.72 Å². The van der Waals surface area contributed by atoms with Crippen molar-refractivity contribution >= 4 is 10.0 Å². The average Bonchev–Trinajstić information content (AvgIpc) is 2.94. The van der Waals surface area contributed by atoms with Gasteiger partial charge in [-0.2, -0.15) is 0 Å². The van der Waals surface area contributed by atoms with Gasteiger partial charge in [-0.05, 0) is 12.1 Å². The molecule has 1 aromatic rings. The number of aromatic nitrogens is 1. The van der Waals surface area contributed by atoms with Gasteiger partial charge >= 0.3 is 0 Å². The molecule has 0 aromatic carbocycles. The third-order valence-corrected chi connectivity index (χ3v) is 5.06. The lowest BCUT2D eigenvalue weighted by atomic mass is 9.81. The molecule has 0 bridgehead atoms. The van der Waals surface area contributed by atoms with Gasteiger partial charge in [-0.1, -0.05) is 6.07 Å². The van der Waals surface area contributed by atoms with Crippen molar-refractivity contribution in [3.8, 4) is 0 Å². The van der Waals surface area contributed by atoms with Crippen molar-refractivity contribution < 1.29 is 13.2 Å². The van der Waals surface area contributed by atoms with E-state index in [9.17, 15) is 8.42 Å². The molecule has 3 heterocycles. The largest absolute Gasteiger partial charge is 0.380 e. The summed E-state index contributed by atoms with van der Waals surface area (Å²) < 4.78 is 31.0. The van der Waals surface area contributed by atoms with E-state index in [1.807, 2.05) is 18.2 Å². The molecule has 21 heavy (non-hydrogen) atoms. The maximum Gasteiger partial charge on any atom is 0.208 e. The smallest absolute Gasteiger partial charge is 0.208 e. The van der Waals surface area contributed by atoms with Crippen LogP contribution in [0, 0.1) is 11.3 Å². The zero-order valence-electron chi connectivity index (χ0n) is 12.2. The molecular formula is C14H21N3O3S. The lowest BCUT2D eigenvalue weighted by molar-refractivity contribution is 0.128. The van der Waals surface area contributed by atoms with Gasteiger partial charge in [0, 0.05) is 43.7 Å². The third-order valence-electron chi connectivity index (χ3n) is 4.39. The molecule has 116 valence electrons. The van der Waals surface area contributed by atoms with Gasteiger partial charge in [-0.15, -0.1) is 0 Å². The van der Waals surface area contributed by atoms with Gasteiger partial charge in [0.2, 0.25) is 10.0 Å². The molecule has 3 rings (SSSR count). The molecule has 0 saturated carbocycles. The Balaban J connectivity index is 1.67. The molecule has 2 atom stereocenters. The van der Waals surface area contributed by atoms with E-state index < -0.39 is 10.0 Å². The summed E-state index contributed by atoms with van der Waals surface area (Å²) >= 11 is 0. The highest BCUT2D eigenvalue weighted by Gasteiger charge is 2.50. The minimum atomic E-state index is -3.17. The minimum absolute atomic E-state index is 0.0993. The van der Waals surface area contributed by atoms with Gasteiger partial charge in [0.15, 0.2) is 0 Å².